The van der Waals surface area contributed by atoms with Gasteiger partial charge in [-0.05, 0) is 72.9 Å². The minimum absolute atomic E-state index is 0. The maximum Gasteiger partial charge on any atom is 0.254 e. The Kier molecular flexibility index (Phi) is 22.2. The summed E-state index contributed by atoms with van der Waals surface area (Å²) in [5, 5.41) is 21.7. The molecule has 5 aromatic rings. The predicted molar refractivity (Wildman–Crippen MR) is 252 cm³/mol. The van der Waals surface area contributed by atoms with E-state index in [0.717, 1.165) is 32.7 Å². The molecule has 0 aromatic heterocycles. The molecule has 0 radical (unpaired) electrons. The van der Waals surface area contributed by atoms with Crippen LogP contribution in [0.3, 0.4) is 0 Å². The Labute approximate surface area is 378 Å². The Balaban J connectivity index is 0.000000596. The van der Waals surface area contributed by atoms with Gasteiger partial charge in [-0.2, -0.15) is 0 Å². The molecule has 0 saturated carbocycles. The van der Waals surface area contributed by atoms with E-state index in [1.54, 1.807) is 31.2 Å². The van der Waals surface area contributed by atoms with Crippen LogP contribution in [0.2, 0.25) is 0 Å². The monoisotopic (exact) mass is 876 g/mol. The smallest absolute Gasteiger partial charge is 0.254 e. The summed E-state index contributed by atoms with van der Waals surface area (Å²) in [5.41, 5.74) is 2.09. The van der Waals surface area contributed by atoms with E-state index >= 15 is 0 Å². The first-order chi connectivity index (χ1) is 30.6. The molecule has 342 valence electrons. The number of carbonyl (C=O) groups is 6. The van der Waals surface area contributed by atoms with Crippen molar-refractivity contribution in [3.05, 3.63) is 156 Å². The fourth-order valence-corrected chi connectivity index (χ4v) is 6.21. The lowest BCUT2D eigenvalue weighted by molar-refractivity contribution is -0.145. The number of hydrogen-bond acceptors (Lipinski definition) is 9. The number of ether oxygens (including phenoxy) is 1. The highest BCUT2D eigenvalue weighted by Crippen LogP contribution is 2.25. The molecular weight excluding hydrogens is 813 g/mol. The zero-order valence-corrected chi connectivity index (χ0v) is 38.3. The number of benzene rings is 5. The second-order valence-corrected chi connectivity index (χ2v) is 14.2. The van der Waals surface area contributed by atoms with E-state index < -0.39 is 52.9 Å². The number of carbonyl (C=O) groups excluding carboxylic acids is 6. The number of amides is 4. The highest BCUT2D eigenvalue weighted by atomic mass is 16.5. The van der Waals surface area contributed by atoms with Crippen LogP contribution >= 0.6 is 0 Å². The quantitative estimate of drug-likeness (QED) is 0.0856. The first-order valence-corrected chi connectivity index (χ1v) is 20.9. The van der Waals surface area contributed by atoms with Gasteiger partial charge in [-0.1, -0.05) is 129 Å². The molecule has 2 atom stereocenters. The molecule has 5 aromatic carbocycles. The minimum Gasteiger partial charge on any atom is -0.397 e. The molecule has 0 fully saturated rings. The molecule has 13 heteroatoms. The maximum atomic E-state index is 13.2. The van der Waals surface area contributed by atoms with Crippen LogP contribution in [0.5, 0.6) is 0 Å². The highest BCUT2D eigenvalue weighted by molar-refractivity contribution is 6.15. The molecule has 5 rings (SSSR count). The lowest BCUT2D eigenvalue weighted by Crippen LogP contribution is -2.62. The van der Waals surface area contributed by atoms with Crippen molar-refractivity contribution in [2.24, 2.45) is 0 Å². The van der Waals surface area contributed by atoms with Crippen molar-refractivity contribution in [3.8, 4) is 22.3 Å². The summed E-state index contributed by atoms with van der Waals surface area (Å²) in [5.74, 6) is -3.42. The van der Waals surface area contributed by atoms with Crippen molar-refractivity contribution in [2.45, 2.75) is 52.3 Å². The molecule has 0 spiro atoms. The highest BCUT2D eigenvalue weighted by Gasteiger charge is 2.47. The van der Waals surface area contributed by atoms with Gasteiger partial charge in [0, 0.05) is 47.4 Å². The Morgan fingerprint density at radius 2 is 0.859 bits per heavy atom. The van der Waals surface area contributed by atoms with Crippen LogP contribution in [-0.2, 0) is 30.5 Å². The van der Waals surface area contributed by atoms with Gasteiger partial charge in [0.25, 0.3) is 23.6 Å². The molecule has 4 amide bonds. The van der Waals surface area contributed by atoms with Gasteiger partial charge in [0.05, 0.1) is 6.61 Å². The van der Waals surface area contributed by atoms with Crippen LogP contribution in [0.25, 0.3) is 22.3 Å². The molecule has 0 aliphatic rings. The summed E-state index contributed by atoms with van der Waals surface area (Å²) in [6.07, 6.45) is 0. The van der Waals surface area contributed by atoms with E-state index in [-0.39, 0.29) is 21.2 Å². The molecule has 0 saturated heterocycles. The largest absolute Gasteiger partial charge is 0.397 e. The van der Waals surface area contributed by atoms with Gasteiger partial charge in [0.1, 0.15) is 13.2 Å². The molecule has 4 N–H and O–H groups in total. The van der Waals surface area contributed by atoms with Gasteiger partial charge >= 0.3 is 0 Å². The number of rotatable bonds is 15. The summed E-state index contributed by atoms with van der Waals surface area (Å²) < 4.78 is 5.56. The molecule has 64 heavy (non-hydrogen) atoms. The zero-order chi connectivity index (χ0) is 47.9. The van der Waals surface area contributed by atoms with Gasteiger partial charge in [0.2, 0.25) is 0 Å². The van der Waals surface area contributed by atoms with Gasteiger partial charge in [-0.15, -0.1) is 0 Å². The second kappa shape index (κ2) is 26.6. The fraction of sp³-hybridized carbons (Fsp3) is 0.294. The van der Waals surface area contributed by atoms with Crippen LogP contribution < -0.4 is 10.6 Å². The Morgan fingerprint density at radius 1 is 0.547 bits per heavy atom. The number of Topliss-reactive ketones (excluding diaryl/α,β-unsaturated/α-hetero) is 2. The molecule has 0 aliphatic carbocycles. The average molecular weight is 877 g/mol. The normalized spacial score (nSPS) is 12.0. The maximum absolute atomic E-state index is 13.2. The lowest BCUT2D eigenvalue weighted by Gasteiger charge is -2.35. The topological polar surface area (TPSA) is 183 Å². The third-order valence-electron chi connectivity index (χ3n) is 10.3. The number of likely N-dealkylation sites (N-methyl/N-ethyl adjacent to an activating group) is 4. The van der Waals surface area contributed by atoms with Gasteiger partial charge < -0.3 is 35.4 Å². The van der Waals surface area contributed by atoms with Crippen LogP contribution in [0.4, 0.5) is 0 Å². The number of ketones is 2. The molecule has 13 nitrogen and oxygen atoms in total. The van der Waals surface area contributed by atoms with Gasteiger partial charge in [-0.25, -0.2) is 0 Å². The van der Waals surface area contributed by atoms with Gasteiger partial charge in [-0.3, -0.25) is 28.8 Å². The molecule has 0 bridgehead atoms. The number of nitrogens with zero attached hydrogens (tertiary/aromatic N) is 2. The average Bonchev–Trinajstić information content (AvgIpc) is 3.36. The summed E-state index contributed by atoms with van der Waals surface area (Å²) in [6, 6.07) is 42.9. The van der Waals surface area contributed by atoms with Crippen molar-refractivity contribution in [3.63, 3.8) is 0 Å². The van der Waals surface area contributed by atoms with E-state index in [9.17, 15) is 33.9 Å². The Bertz CT molecular complexity index is 2230. The molecular formula is C51H64N4O9. The van der Waals surface area contributed by atoms with Gasteiger partial charge in [0.15, 0.2) is 22.6 Å². The summed E-state index contributed by atoms with van der Waals surface area (Å²) in [7, 11) is 5.64. The summed E-state index contributed by atoms with van der Waals surface area (Å²) >= 11 is 0. The minimum atomic E-state index is -1.79. The van der Waals surface area contributed by atoms with Crippen molar-refractivity contribution in [1.82, 2.24) is 20.4 Å². The van der Waals surface area contributed by atoms with Crippen molar-refractivity contribution in [1.29, 1.82) is 0 Å². The van der Waals surface area contributed by atoms with Crippen molar-refractivity contribution >= 4 is 35.2 Å². The third-order valence-corrected chi connectivity index (χ3v) is 10.3. The van der Waals surface area contributed by atoms with E-state index in [1.165, 1.54) is 46.9 Å². The van der Waals surface area contributed by atoms with Crippen LogP contribution in [0.1, 0.15) is 62.3 Å². The second-order valence-electron chi connectivity index (χ2n) is 14.2. The Hall–Kier alpha value is -6.80. The van der Waals surface area contributed by atoms with Crippen molar-refractivity contribution < 1.29 is 45.1 Å². The zero-order valence-electron chi connectivity index (χ0n) is 38.3. The number of nitrogens with one attached hydrogen (secondary N) is 2. The first-order valence-electron chi connectivity index (χ1n) is 20.9. The number of aliphatic hydroxyl groups is 2. The van der Waals surface area contributed by atoms with Crippen LogP contribution in [0, 0.1) is 0 Å². The van der Waals surface area contributed by atoms with E-state index in [2.05, 4.69) is 10.6 Å². The van der Waals surface area contributed by atoms with E-state index in [4.69, 9.17) is 9.84 Å². The lowest BCUT2D eigenvalue weighted by atomic mass is 9.92. The van der Waals surface area contributed by atoms with Crippen LogP contribution in [0.15, 0.2) is 140 Å². The van der Waals surface area contributed by atoms with E-state index in [1.807, 2.05) is 129 Å². The number of hydrogen-bond donors (Lipinski definition) is 4. The molecule has 0 aliphatic heterocycles. The Morgan fingerprint density at radius 3 is 1.19 bits per heavy atom. The molecule has 0 heterocycles. The van der Waals surface area contributed by atoms with E-state index in [0.29, 0.717) is 11.1 Å². The predicted octanol–water partition coefficient (Wildman–Crippen LogP) is 6.48. The molecule has 0 unspecified atom stereocenters. The summed E-state index contributed by atoms with van der Waals surface area (Å²) in [4.78, 5) is 78.4. The SMILES string of the molecule is CC.CCO.CNC(=O)[C@@](C)(C(=O)CO)N(C)C(=O)c1ccc(-c2ccccc2)cc1.CNC(=O)[C@@](C)(C(=O)COCc1ccccc1)N(C)C(=O)c1ccc(-c2ccccc2)cc1.[HH]. The standard InChI is InChI=1S/C27H28N2O4.C20H22N2O4.C2H6O.C2H6.H2/c1-27(26(32)28-2,24(30)19-33-18-20-10-6-4-7-11-20)29(3)25(31)23-16-14-22(15-17-23)21-12-8-5-9-13-21;1-20(17(24)13-23,19(26)21-2)22(3)18(25)16-11-9-15(10-12-16)14-7-5-4-6-8-14;1-2-3;1-2;/h4-17H,18-19H2,1-3H3,(H,28,32);4-12,23H,13H2,1-3H3,(H,21,26);3H,2H2,1H3;1-2H3;1H/t27-;20-;;;/m11.../s1. The fourth-order valence-electron chi connectivity index (χ4n) is 6.21. The third kappa shape index (κ3) is 13.6. The first kappa shape index (κ1) is 53.3. The summed E-state index contributed by atoms with van der Waals surface area (Å²) in [6.45, 7) is 7.78. The number of aliphatic hydroxyl groups excluding tert-OH is 2. The van der Waals surface area contributed by atoms with Crippen LogP contribution in [-0.4, -0.2) is 114 Å². The van der Waals surface area contributed by atoms with Crippen molar-refractivity contribution in [2.75, 3.05) is 48.0 Å².